The van der Waals surface area contributed by atoms with Gasteiger partial charge in [-0.3, -0.25) is 4.79 Å². The molecular formula is C10H11BrO2S2. The van der Waals surface area contributed by atoms with E-state index in [9.17, 15) is 4.79 Å². The third kappa shape index (κ3) is 4.95. The van der Waals surface area contributed by atoms with Crippen LogP contribution in [-0.4, -0.2) is 23.1 Å². The Hall–Kier alpha value is -0.130. The molecule has 0 heterocycles. The normalized spacial score (nSPS) is 10.3. The van der Waals surface area contributed by atoms with E-state index in [1.807, 2.05) is 18.4 Å². The van der Waals surface area contributed by atoms with Crippen molar-refractivity contribution < 1.29 is 9.90 Å². The number of hydrogen-bond donors (Lipinski definition) is 1. The van der Waals surface area contributed by atoms with Crippen LogP contribution in [-0.2, 0) is 4.79 Å². The van der Waals surface area contributed by atoms with E-state index in [-0.39, 0.29) is 6.42 Å². The van der Waals surface area contributed by atoms with Crippen molar-refractivity contribution >= 4 is 45.4 Å². The fraction of sp³-hybridized carbons (Fsp3) is 0.300. The number of thioether (sulfide) groups is 2. The predicted octanol–water partition coefficient (Wildman–Crippen LogP) is 3.74. The molecule has 2 nitrogen and oxygen atoms in total. The molecule has 5 heteroatoms. The zero-order chi connectivity index (χ0) is 11.3. The summed E-state index contributed by atoms with van der Waals surface area (Å²) >= 11 is 6.68. The van der Waals surface area contributed by atoms with Crippen molar-refractivity contribution in [3.8, 4) is 0 Å². The highest BCUT2D eigenvalue weighted by atomic mass is 79.9. The van der Waals surface area contributed by atoms with Crippen LogP contribution in [0.3, 0.4) is 0 Å². The molecule has 0 spiro atoms. The Morgan fingerprint density at radius 1 is 1.40 bits per heavy atom. The molecule has 0 aromatic heterocycles. The van der Waals surface area contributed by atoms with Gasteiger partial charge in [-0.2, -0.15) is 0 Å². The minimum absolute atomic E-state index is 0.200. The fourth-order valence-corrected chi connectivity index (χ4v) is 3.29. The molecule has 82 valence electrons. The first-order valence-corrected chi connectivity index (χ1v) is 7.31. The van der Waals surface area contributed by atoms with Gasteiger partial charge in [0, 0.05) is 20.0 Å². The number of rotatable bonds is 5. The van der Waals surface area contributed by atoms with E-state index in [0.29, 0.717) is 5.75 Å². The van der Waals surface area contributed by atoms with Gasteiger partial charge in [-0.25, -0.2) is 0 Å². The van der Waals surface area contributed by atoms with E-state index < -0.39 is 5.97 Å². The standard InChI is InChI=1S/C10H11BrO2S2/c1-14-8-4-7(11)5-9(6-8)15-3-2-10(12)13/h4-6H,2-3H2,1H3,(H,12,13). The summed E-state index contributed by atoms with van der Waals surface area (Å²) in [6.07, 6.45) is 2.22. The van der Waals surface area contributed by atoms with Crippen LogP contribution in [0.5, 0.6) is 0 Å². The summed E-state index contributed by atoms with van der Waals surface area (Å²) < 4.78 is 1.03. The lowest BCUT2D eigenvalue weighted by Gasteiger charge is -2.03. The second-order valence-electron chi connectivity index (χ2n) is 2.82. The largest absolute Gasteiger partial charge is 0.481 e. The van der Waals surface area contributed by atoms with E-state index in [0.717, 1.165) is 9.37 Å². The lowest BCUT2D eigenvalue weighted by atomic mass is 10.4. The first-order chi connectivity index (χ1) is 7.11. The van der Waals surface area contributed by atoms with E-state index in [1.165, 1.54) is 4.90 Å². The van der Waals surface area contributed by atoms with Crippen molar-refractivity contribution in [2.24, 2.45) is 0 Å². The van der Waals surface area contributed by atoms with Gasteiger partial charge >= 0.3 is 5.97 Å². The van der Waals surface area contributed by atoms with Crippen molar-refractivity contribution in [3.63, 3.8) is 0 Å². The Kier molecular flexibility index (Phi) is 5.56. The van der Waals surface area contributed by atoms with Gasteiger partial charge in [0.05, 0.1) is 6.42 Å². The molecule has 0 unspecified atom stereocenters. The van der Waals surface area contributed by atoms with Crippen molar-refractivity contribution in [2.75, 3.05) is 12.0 Å². The molecule has 0 aliphatic carbocycles. The monoisotopic (exact) mass is 306 g/mol. The first-order valence-electron chi connectivity index (χ1n) is 4.31. The molecule has 1 aromatic carbocycles. The zero-order valence-electron chi connectivity index (χ0n) is 8.20. The first kappa shape index (κ1) is 12.9. The van der Waals surface area contributed by atoms with Crippen LogP contribution in [0.1, 0.15) is 6.42 Å². The van der Waals surface area contributed by atoms with Gasteiger partial charge in [0.2, 0.25) is 0 Å². The Balaban J connectivity index is 2.60. The van der Waals surface area contributed by atoms with E-state index in [4.69, 9.17) is 5.11 Å². The Bertz CT molecular complexity index is 355. The summed E-state index contributed by atoms with van der Waals surface area (Å²) in [5, 5.41) is 8.52. The molecule has 0 aliphatic heterocycles. The third-order valence-electron chi connectivity index (χ3n) is 1.67. The van der Waals surface area contributed by atoms with Crippen LogP contribution in [0.4, 0.5) is 0 Å². The van der Waals surface area contributed by atoms with E-state index in [1.54, 1.807) is 23.5 Å². The Morgan fingerprint density at radius 3 is 2.67 bits per heavy atom. The molecule has 1 N–H and O–H groups in total. The number of carboxylic acids is 1. The molecule has 0 atom stereocenters. The minimum Gasteiger partial charge on any atom is -0.481 e. The molecule has 0 radical (unpaired) electrons. The second-order valence-corrected chi connectivity index (χ2v) is 5.78. The zero-order valence-corrected chi connectivity index (χ0v) is 11.4. The van der Waals surface area contributed by atoms with Crippen molar-refractivity contribution in [1.29, 1.82) is 0 Å². The van der Waals surface area contributed by atoms with Gasteiger partial charge < -0.3 is 5.11 Å². The smallest absolute Gasteiger partial charge is 0.304 e. The fourth-order valence-electron chi connectivity index (χ4n) is 0.994. The summed E-state index contributed by atoms with van der Waals surface area (Å²) in [5.74, 6) is -0.137. The number of aliphatic carboxylic acids is 1. The lowest BCUT2D eigenvalue weighted by Crippen LogP contribution is -1.95. The number of benzene rings is 1. The molecule has 15 heavy (non-hydrogen) atoms. The summed E-state index contributed by atoms with van der Waals surface area (Å²) in [4.78, 5) is 12.6. The second kappa shape index (κ2) is 6.45. The topological polar surface area (TPSA) is 37.3 Å². The number of halogens is 1. The molecule has 0 saturated carbocycles. The molecule has 1 aromatic rings. The van der Waals surface area contributed by atoms with Gasteiger partial charge in [0.25, 0.3) is 0 Å². The third-order valence-corrected chi connectivity index (χ3v) is 3.81. The summed E-state index contributed by atoms with van der Waals surface area (Å²) in [5.41, 5.74) is 0. The van der Waals surface area contributed by atoms with Crippen LogP contribution in [0, 0.1) is 0 Å². The average molecular weight is 307 g/mol. The minimum atomic E-state index is -0.748. The number of carboxylic acid groups (broad SMARTS) is 1. The molecule has 0 amide bonds. The van der Waals surface area contributed by atoms with Gasteiger partial charge in [0.1, 0.15) is 0 Å². The maximum absolute atomic E-state index is 10.4. The highest BCUT2D eigenvalue weighted by Gasteiger charge is 2.01. The predicted molar refractivity (Wildman–Crippen MR) is 68.9 cm³/mol. The van der Waals surface area contributed by atoms with Crippen molar-refractivity contribution in [3.05, 3.63) is 22.7 Å². The van der Waals surface area contributed by atoms with Gasteiger partial charge in [-0.15, -0.1) is 23.5 Å². The maximum Gasteiger partial charge on any atom is 0.304 e. The van der Waals surface area contributed by atoms with Crippen molar-refractivity contribution in [2.45, 2.75) is 16.2 Å². The SMILES string of the molecule is CSc1cc(Br)cc(SCCC(=O)O)c1. The molecule has 1 rings (SSSR count). The lowest BCUT2D eigenvalue weighted by molar-refractivity contribution is -0.136. The Labute approximate surface area is 106 Å². The van der Waals surface area contributed by atoms with Gasteiger partial charge in [-0.1, -0.05) is 15.9 Å². The molecular weight excluding hydrogens is 296 g/mol. The van der Waals surface area contributed by atoms with Crippen LogP contribution < -0.4 is 0 Å². The number of carbonyl (C=O) groups is 1. The van der Waals surface area contributed by atoms with Crippen LogP contribution in [0.2, 0.25) is 0 Å². The van der Waals surface area contributed by atoms with Gasteiger partial charge in [0.15, 0.2) is 0 Å². The Morgan fingerprint density at radius 2 is 2.07 bits per heavy atom. The molecule has 0 saturated heterocycles. The maximum atomic E-state index is 10.4. The van der Waals surface area contributed by atoms with Crippen LogP contribution in [0.15, 0.2) is 32.5 Å². The molecule has 0 bridgehead atoms. The highest BCUT2D eigenvalue weighted by molar-refractivity contribution is 9.10. The molecule has 0 aliphatic rings. The highest BCUT2D eigenvalue weighted by Crippen LogP contribution is 2.28. The summed E-state index contributed by atoms with van der Waals surface area (Å²) in [7, 11) is 0. The van der Waals surface area contributed by atoms with Crippen molar-refractivity contribution in [1.82, 2.24) is 0 Å². The average Bonchev–Trinajstić information content (AvgIpc) is 2.16. The molecule has 0 fully saturated rings. The van der Waals surface area contributed by atoms with E-state index in [2.05, 4.69) is 22.0 Å². The summed E-state index contributed by atoms with van der Waals surface area (Å²) in [6.45, 7) is 0. The van der Waals surface area contributed by atoms with Crippen LogP contribution in [0.25, 0.3) is 0 Å². The van der Waals surface area contributed by atoms with E-state index >= 15 is 0 Å². The number of hydrogen-bond acceptors (Lipinski definition) is 3. The van der Waals surface area contributed by atoms with Crippen LogP contribution >= 0.6 is 39.5 Å². The quantitative estimate of drug-likeness (QED) is 0.841. The van der Waals surface area contributed by atoms with Gasteiger partial charge in [-0.05, 0) is 24.5 Å². The summed E-state index contributed by atoms with van der Waals surface area (Å²) in [6, 6.07) is 6.13.